The Balaban J connectivity index is 0. The SMILES string of the molecule is NC(=O)CBr.NC(=O)CBr. The quantitative estimate of drug-likeness (QED) is 0.680. The predicted octanol–water partition coefficient (Wildman–Crippen LogP) is -0.267. The van der Waals surface area contributed by atoms with Gasteiger partial charge in [0.15, 0.2) is 0 Å². The highest BCUT2D eigenvalue weighted by Crippen LogP contribution is 1.71. The Bertz CT molecular complexity index is 104. The third kappa shape index (κ3) is 24.7. The molecule has 0 radical (unpaired) electrons. The molecule has 0 aromatic carbocycles. The molecule has 0 fully saturated rings. The first-order chi connectivity index (χ1) is 4.54. The number of primary amides is 2. The zero-order valence-corrected chi connectivity index (χ0v) is 8.31. The number of nitrogens with two attached hydrogens (primary N) is 2. The minimum Gasteiger partial charge on any atom is -0.369 e. The van der Waals surface area contributed by atoms with Crippen LogP contribution in [0.3, 0.4) is 0 Å². The van der Waals surface area contributed by atoms with Gasteiger partial charge < -0.3 is 11.5 Å². The van der Waals surface area contributed by atoms with Crippen LogP contribution in [0.25, 0.3) is 0 Å². The number of hydrogen-bond acceptors (Lipinski definition) is 2. The highest BCUT2D eigenvalue weighted by molar-refractivity contribution is 9.09. The van der Waals surface area contributed by atoms with Crippen LogP contribution in [0.1, 0.15) is 0 Å². The van der Waals surface area contributed by atoms with Crippen molar-refractivity contribution in [1.82, 2.24) is 0 Å². The van der Waals surface area contributed by atoms with Crippen molar-refractivity contribution in [3.8, 4) is 0 Å². The number of alkyl halides is 2. The third-order valence-corrected chi connectivity index (χ3v) is 1.37. The van der Waals surface area contributed by atoms with Gasteiger partial charge in [0.05, 0.1) is 10.7 Å². The van der Waals surface area contributed by atoms with Gasteiger partial charge in [-0.1, -0.05) is 31.9 Å². The van der Waals surface area contributed by atoms with Crippen molar-refractivity contribution in [2.75, 3.05) is 10.7 Å². The summed E-state index contributed by atoms with van der Waals surface area (Å²) >= 11 is 5.68. The standard InChI is InChI=1S/2C2H4BrNO/c2*3-1-2(4)5/h2*1H2,(H2,4,5). The van der Waals surface area contributed by atoms with Gasteiger partial charge in [-0.2, -0.15) is 0 Å². The van der Waals surface area contributed by atoms with Crippen LogP contribution in [0.15, 0.2) is 0 Å². The molecule has 0 aromatic heterocycles. The van der Waals surface area contributed by atoms with Crippen molar-refractivity contribution in [3.63, 3.8) is 0 Å². The number of amides is 2. The maximum absolute atomic E-state index is 9.54. The lowest BCUT2D eigenvalue weighted by Gasteiger charge is -1.71. The number of halogens is 2. The summed E-state index contributed by atoms with van der Waals surface area (Å²) in [5.41, 5.74) is 9.21. The molecule has 10 heavy (non-hydrogen) atoms. The fourth-order valence-corrected chi connectivity index (χ4v) is 0. The summed E-state index contributed by atoms with van der Waals surface area (Å²) in [6, 6.07) is 0. The first kappa shape index (κ1) is 12.6. The van der Waals surface area contributed by atoms with Crippen LogP contribution in [0.5, 0.6) is 0 Å². The highest BCUT2D eigenvalue weighted by atomic mass is 79.9. The van der Waals surface area contributed by atoms with Crippen LogP contribution in [0.4, 0.5) is 0 Å². The molecule has 0 aromatic rings. The molecular weight excluding hydrogens is 268 g/mol. The van der Waals surface area contributed by atoms with Crippen molar-refractivity contribution in [2.24, 2.45) is 11.5 Å². The molecule has 0 aliphatic rings. The van der Waals surface area contributed by atoms with Gasteiger partial charge in [-0.05, 0) is 0 Å². The Labute approximate surface area is 75.6 Å². The summed E-state index contributed by atoms with van der Waals surface area (Å²) in [5.74, 6) is -0.657. The fourth-order valence-electron chi connectivity index (χ4n) is 0. The van der Waals surface area contributed by atoms with E-state index in [-0.39, 0.29) is 22.5 Å². The van der Waals surface area contributed by atoms with Crippen molar-refractivity contribution < 1.29 is 9.59 Å². The minimum atomic E-state index is -0.329. The maximum atomic E-state index is 9.54. The normalized spacial score (nSPS) is 7.40. The summed E-state index contributed by atoms with van der Waals surface area (Å²) in [7, 11) is 0. The minimum absolute atomic E-state index is 0.257. The van der Waals surface area contributed by atoms with Crippen molar-refractivity contribution >= 4 is 43.7 Å². The van der Waals surface area contributed by atoms with Crippen LogP contribution in [0, 0.1) is 0 Å². The number of rotatable bonds is 2. The van der Waals surface area contributed by atoms with Gasteiger partial charge in [-0.3, -0.25) is 9.59 Å². The third-order valence-electron chi connectivity index (χ3n) is 0.263. The largest absolute Gasteiger partial charge is 0.369 e. The molecule has 0 rings (SSSR count). The molecule has 0 unspecified atom stereocenters. The van der Waals surface area contributed by atoms with Gasteiger partial charge in [0.25, 0.3) is 0 Å². The number of carbonyl (C=O) groups excluding carboxylic acids is 2. The lowest BCUT2D eigenvalue weighted by atomic mass is 10.8. The van der Waals surface area contributed by atoms with E-state index in [4.69, 9.17) is 0 Å². The predicted molar refractivity (Wildman–Crippen MR) is 46.0 cm³/mol. The molecular formula is C4H8Br2N2O2. The molecule has 0 heterocycles. The van der Waals surface area contributed by atoms with E-state index in [0.717, 1.165) is 0 Å². The Morgan fingerprint density at radius 3 is 1.10 bits per heavy atom. The van der Waals surface area contributed by atoms with Crippen LogP contribution in [-0.2, 0) is 9.59 Å². The van der Waals surface area contributed by atoms with Crippen molar-refractivity contribution in [3.05, 3.63) is 0 Å². The van der Waals surface area contributed by atoms with Gasteiger partial charge in [-0.25, -0.2) is 0 Å². The van der Waals surface area contributed by atoms with Gasteiger partial charge >= 0.3 is 0 Å². The molecule has 0 atom stereocenters. The lowest BCUT2D eigenvalue weighted by molar-refractivity contribution is -0.116. The molecule has 0 spiro atoms. The van der Waals surface area contributed by atoms with E-state index in [2.05, 4.69) is 43.3 Å². The number of hydrogen-bond donors (Lipinski definition) is 2. The van der Waals surface area contributed by atoms with Crippen LogP contribution in [0.2, 0.25) is 0 Å². The first-order valence-corrected chi connectivity index (χ1v) is 4.47. The van der Waals surface area contributed by atoms with Crippen LogP contribution in [-0.4, -0.2) is 22.5 Å². The van der Waals surface area contributed by atoms with Crippen molar-refractivity contribution in [1.29, 1.82) is 0 Å². The van der Waals surface area contributed by atoms with E-state index in [9.17, 15) is 9.59 Å². The fraction of sp³-hybridized carbons (Fsp3) is 0.500. The molecule has 0 aliphatic heterocycles. The Hall–Kier alpha value is -0.100. The smallest absolute Gasteiger partial charge is 0.228 e. The Morgan fingerprint density at radius 1 is 1.00 bits per heavy atom. The van der Waals surface area contributed by atoms with E-state index < -0.39 is 0 Å². The average molecular weight is 276 g/mol. The molecule has 0 bridgehead atoms. The average Bonchev–Trinajstić information content (AvgIpc) is 1.89. The second kappa shape index (κ2) is 8.90. The highest BCUT2D eigenvalue weighted by Gasteiger charge is 1.79. The Morgan fingerprint density at radius 2 is 1.10 bits per heavy atom. The molecule has 0 saturated heterocycles. The van der Waals surface area contributed by atoms with E-state index in [1.54, 1.807) is 0 Å². The molecule has 0 aliphatic carbocycles. The molecule has 6 heteroatoms. The van der Waals surface area contributed by atoms with E-state index in [0.29, 0.717) is 0 Å². The molecule has 4 nitrogen and oxygen atoms in total. The summed E-state index contributed by atoms with van der Waals surface area (Å²) < 4.78 is 0. The lowest BCUT2D eigenvalue weighted by Crippen LogP contribution is -2.10. The topological polar surface area (TPSA) is 86.2 Å². The monoisotopic (exact) mass is 274 g/mol. The molecule has 4 N–H and O–H groups in total. The molecule has 2 amide bonds. The molecule has 0 saturated carbocycles. The first-order valence-electron chi connectivity index (χ1n) is 2.23. The van der Waals surface area contributed by atoms with E-state index >= 15 is 0 Å². The zero-order chi connectivity index (χ0) is 8.57. The van der Waals surface area contributed by atoms with Gasteiger partial charge in [0.2, 0.25) is 11.8 Å². The van der Waals surface area contributed by atoms with Gasteiger partial charge in [0.1, 0.15) is 0 Å². The van der Waals surface area contributed by atoms with Gasteiger partial charge in [-0.15, -0.1) is 0 Å². The summed E-state index contributed by atoms with van der Waals surface area (Å²) in [5, 5.41) is 0.514. The summed E-state index contributed by atoms with van der Waals surface area (Å²) in [6.45, 7) is 0. The second-order valence-corrected chi connectivity index (χ2v) is 2.32. The van der Waals surface area contributed by atoms with Crippen LogP contribution >= 0.6 is 31.9 Å². The summed E-state index contributed by atoms with van der Waals surface area (Å²) in [4.78, 5) is 19.1. The van der Waals surface area contributed by atoms with Gasteiger partial charge in [0, 0.05) is 0 Å². The Kier molecular flexibility index (Phi) is 11.2. The molecule has 60 valence electrons. The van der Waals surface area contributed by atoms with E-state index in [1.807, 2.05) is 0 Å². The maximum Gasteiger partial charge on any atom is 0.228 e. The number of carbonyl (C=O) groups is 2. The van der Waals surface area contributed by atoms with Crippen LogP contribution < -0.4 is 11.5 Å². The zero-order valence-electron chi connectivity index (χ0n) is 5.14. The van der Waals surface area contributed by atoms with E-state index in [1.165, 1.54) is 0 Å². The summed E-state index contributed by atoms with van der Waals surface area (Å²) in [6.07, 6.45) is 0. The van der Waals surface area contributed by atoms with Crippen molar-refractivity contribution in [2.45, 2.75) is 0 Å². The second-order valence-electron chi connectivity index (χ2n) is 1.20.